The smallest absolute Gasteiger partial charge is 0.271 e. The van der Waals surface area contributed by atoms with Crippen molar-refractivity contribution in [2.24, 2.45) is 0 Å². The molecule has 1 unspecified atom stereocenters. The van der Waals surface area contributed by atoms with Crippen LogP contribution >= 0.6 is 0 Å². The number of hydrogen-bond donors (Lipinski definition) is 2. The van der Waals surface area contributed by atoms with Crippen molar-refractivity contribution in [3.05, 3.63) is 29.6 Å². The van der Waals surface area contributed by atoms with Crippen LogP contribution in [0.15, 0.2) is 18.3 Å². The van der Waals surface area contributed by atoms with Crippen LogP contribution in [0.2, 0.25) is 0 Å². The summed E-state index contributed by atoms with van der Waals surface area (Å²) in [4.78, 5) is 16.3. The molecule has 20 heavy (non-hydrogen) atoms. The van der Waals surface area contributed by atoms with E-state index < -0.39 is 0 Å². The average Bonchev–Trinajstić information content (AvgIpc) is 2.49. The van der Waals surface area contributed by atoms with Gasteiger partial charge < -0.3 is 15.2 Å². The van der Waals surface area contributed by atoms with Gasteiger partial charge in [-0.3, -0.25) is 4.79 Å². The van der Waals surface area contributed by atoms with Gasteiger partial charge in [-0.1, -0.05) is 11.8 Å². The summed E-state index contributed by atoms with van der Waals surface area (Å²) >= 11 is 0. The number of ether oxygens (including phenoxy) is 1. The molecule has 2 rings (SSSR count). The van der Waals surface area contributed by atoms with Crippen molar-refractivity contribution < 1.29 is 14.6 Å². The third-order valence-electron chi connectivity index (χ3n) is 2.98. The van der Waals surface area contributed by atoms with Crippen LogP contribution in [0.5, 0.6) is 0 Å². The molecule has 1 atom stereocenters. The first-order valence-electron chi connectivity index (χ1n) is 6.74. The summed E-state index contributed by atoms with van der Waals surface area (Å²) in [6.45, 7) is 1.31. The molecule has 1 aromatic heterocycles. The highest BCUT2D eigenvalue weighted by Crippen LogP contribution is 2.09. The molecule has 2 heterocycles. The second kappa shape index (κ2) is 7.63. The number of nitrogens with one attached hydrogen (secondary N) is 1. The lowest BCUT2D eigenvalue weighted by Crippen LogP contribution is -2.41. The van der Waals surface area contributed by atoms with E-state index in [0.29, 0.717) is 24.3 Å². The third kappa shape index (κ3) is 4.05. The number of carbonyl (C=O) groups is 1. The van der Waals surface area contributed by atoms with E-state index >= 15 is 0 Å². The Balaban J connectivity index is 2.07. The lowest BCUT2D eigenvalue weighted by atomic mass is 10.1. The van der Waals surface area contributed by atoms with Gasteiger partial charge in [0.1, 0.15) is 5.69 Å². The zero-order valence-corrected chi connectivity index (χ0v) is 11.3. The number of nitrogens with zero attached hydrogens (tertiary/aromatic N) is 1. The molecule has 1 aromatic rings. The molecule has 1 saturated heterocycles. The minimum absolute atomic E-state index is 0.00814. The number of aliphatic hydroxyl groups excluding tert-OH is 1. The molecule has 0 aromatic carbocycles. The fraction of sp³-hybridized carbons (Fsp3) is 0.467. The van der Waals surface area contributed by atoms with E-state index in [9.17, 15) is 4.79 Å². The highest BCUT2D eigenvalue weighted by molar-refractivity contribution is 5.94. The Bertz CT molecular complexity index is 513. The molecule has 0 aliphatic carbocycles. The molecular formula is C15H18N2O3. The second-order valence-electron chi connectivity index (χ2n) is 4.56. The third-order valence-corrected chi connectivity index (χ3v) is 2.98. The largest absolute Gasteiger partial charge is 0.395 e. The van der Waals surface area contributed by atoms with E-state index in [2.05, 4.69) is 22.1 Å². The molecule has 0 bridgehead atoms. The fourth-order valence-electron chi connectivity index (χ4n) is 2.01. The molecule has 5 heteroatoms. The maximum Gasteiger partial charge on any atom is 0.271 e. The Morgan fingerprint density at radius 3 is 3.25 bits per heavy atom. The number of amides is 1. The van der Waals surface area contributed by atoms with E-state index in [1.54, 1.807) is 18.3 Å². The molecule has 0 spiro atoms. The number of aliphatic hydroxyl groups is 1. The van der Waals surface area contributed by atoms with E-state index in [-0.39, 0.29) is 18.6 Å². The van der Waals surface area contributed by atoms with E-state index in [4.69, 9.17) is 9.84 Å². The van der Waals surface area contributed by atoms with Crippen LogP contribution in [0.25, 0.3) is 0 Å². The van der Waals surface area contributed by atoms with Gasteiger partial charge in [-0.05, 0) is 25.0 Å². The molecule has 1 fully saturated rings. The zero-order chi connectivity index (χ0) is 14.2. The molecule has 106 valence electrons. The van der Waals surface area contributed by atoms with Crippen molar-refractivity contribution in [1.82, 2.24) is 10.3 Å². The summed E-state index contributed by atoms with van der Waals surface area (Å²) in [6, 6.07) is 3.53. The van der Waals surface area contributed by atoms with Crippen LogP contribution < -0.4 is 5.32 Å². The number of carbonyl (C=O) groups excluding carboxylic acids is 1. The van der Waals surface area contributed by atoms with Gasteiger partial charge in [0, 0.05) is 19.2 Å². The average molecular weight is 274 g/mol. The van der Waals surface area contributed by atoms with Crippen LogP contribution in [0.1, 0.15) is 35.3 Å². The van der Waals surface area contributed by atoms with Gasteiger partial charge in [-0.15, -0.1) is 0 Å². The van der Waals surface area contributed by atoms with Crippen LogP contribution in [0.3, 0.4) is 0 Å². The molecule has 2 N–H and O–H groups in total. The number of pyridine rings is 1. The van der Waals surface area contributed by atoms with Crippen molar-refractivity contribution in [3.8, 4) is 11.8 Å². The summed E-state index contributed by atoms with van der Waals surface area (Å²) < 4.78 is 5.34. The maximum atomic E-state index is 12.2. The maximum absolute atomic E-state index is 12.2. The minimum Gasteiger partial charge on any atom is -0.395 e. The second-order valence-corrected chi connectivity index (χ2v) is 4.56. The van der Waals surface area contributed by atoms with Crippen molar-refractivity contribution >= 4 is 5.91 Å². The summed E-state index contributed by atoms with van der Waals surface area (Å²) in [5.41, 5.74) is 0.902. The first-order valence-corrected chi connectivity index (χ1v) is 6.74. The first-order chi connectivity index (χ1) is 9.81. The van der Waals surface area contributed by atoms with Crippen LogP contribution in [0, 0.1) is 11.8 Å². The molecule has 5 nitrogen and oxygen atoms in total. The van der Waals surface area contributed by atoms with Crippen LogP contribution in [-0.2, 0) is 4.74 Å². The molecule has 0 saturated carbocycles. The Hall–Kier alpha value is -1.90. The quantitative estimate of drug-likeness (QED) is 0.797. The number of aromatic nitrogens is 1. The predicted molar refractivity (Wildman–Crippen MR) is 74.1 cm³/mol. The van der Waals surface area contributed by atoms with Crippen molar-refractivity contribution in [2.75, 3.05) is 19.8 Å². The van der Waals surface area contributed by atoms with Crippen molar-refractivity contribution in [2.45, 2.75) is 25.3 Å². The Morgan fingerprint density at radius 1 is 1.60 bits per heavy atom. The summed E-state index contributed by atoms with van der Waals surface area (Å²) in [5, 5.41) is 11.7. The normalized spacial score (nSPS) is 17.9. The predicted octanol–water partition coefficient (Wildman–Crippen LogP) is 0.724. The summed E-state index contributed by atoms with van der Waals surface area (Å²) in [7, 11) is 0. The van der Waals surface area contributed by atoms with Crippen molar-refractivity contribution in [1.29, 1.82) is 0 Å². The summed E-state index contributed by atoms with van der Waals surface area (Å²) in [6.07, 6.45) is 3.83. The fourth-order valence-corrected chi connectivity index (χ4v) is 2.01. The lowest BCUT2D eigenvalue weighted by molar-refractivity contribution is 0.0622. The molecule has 0 radical (unpaired) electrons. The summed E-state index contributed by atoms with van der Waals surface area (Å²) in [5.74, 6) is 5.45. The van der Waals surface area contributed by atoms with E-state index in [1.165, 1.54) is 0 Å². The van der Waals surface area contributed by atoms with Gasteiger partial charge >= 0.3 is 0 Å². The highest BCUT2D eigenvalue weighted by atomic mass is 16.5. The Morgan fingerprint density at radius 2 is 2.50 bits per heavy atom. The molecule has 1 aliphatic rings. The monoisotopic (exact) mass is 274 g/mol. The zero-order valence-electron chi connectivity index (χ0n) is 11.3. The van der Waals surface area contributed by atoms with Gasteiger partial charge in [0.15, 0.2) is 0 Å². The molecular weight excluding hydrogens is 256 g/mol. The van der Waals surface area contributed by atoms with Crippen LogP contribution in [-0.4, -0.2) is 41.9 Å². The Labute approximate surface area is 118 Å². The number of hydrogen-bond acceptors (Lipinski definition) is 4. The van der Waals surface area contributed by atoms with Crippen molar-refractivity contribution in [3.63, 3.8) is 0 Å². The lowest BCUT2D eigenvalue weighted by Gasteiger charge is -2.23. The van der Waals surface area contributed by atoms with Crippen LogP contribution in [0.4, 0.5) is 0 Å². The standard InChI is InChI=1S/C15H18N2O3/c18-9-2-1-5-12-6-3-8-16-14(12)15(19)17-13-7-4-10-20-11-13/h3,6,8,13,18H,2,4,7,9-11H2,(H,17,19). The first kappa shape index (κ1) is 14.5. The Kier molecular flexibility index (Phi) is 5.54. The van der Waals surface area contributed by atoms with E-state index in [1.807, 2.05) is 0 Å². The van der Waals surface area contributed by atoms with E-state index in [0.717, 1.165) is 19.4 Å². The minimum atomic E-state index is -0.227. The highest BCUT2D eigenvalue weighted by Gasteiger charge is 2.19. The molecule has 1 amide bonds. The molecule has 1 aliphatic heterocycles. The van der Waals surface area contributed by atoms with Gasteiger partial charge in [-0.25, -0.2) is 4.98 Å². The SMILES string of the molecule is O=C(NC1CCCOC1)c1ncccc1C#CCCO. The van der Waals surface area contributed by atoms with Gasteiger partial charge in [-0.2, -0.15) is 0 Å². The van der Waals surface area contributed by atoms with Gasteiger partial charge in [0.05, 0.1) is 24.8 Å². The topological polar surface area (TPSA) is 71.5 Å². The number of rotatable bonds is 3. The van der Waals surface area contributed by atoms with Gasteiger partial charge in [0.25, 0.3) is 5.91 Å². The van der Waals surface area contributed by atoms with Gasteiger partial charge in [0.2, 0.25) is 0 Å².